The molecule has 0 atom stereocenters. The van der Waals surface area contributed by atoms with Crippen LogP contribution in [0.15, 0.2) is 29.3 Å². The Bertz CT molecular complexity index is 390. The molecule has 1 aliphatic rings. The van der Waals surface area contributed by atoms with E-state index < -0.39 is 0 Å². The molecule has 0 aromatic heterocycles. The van der Waals surface area contributed by atoms with Gasteiger partial charge in [0.05, 0.1) is 6.54 Å². The van der Waals surface area contributed by atoms with Gasteiger partial charge in [0.1, 0.15) is 0 Å². The Labute approximate surface area is 101 Å². The summed E-state index contributed by atoms with van der Waals surface area (Å²) in [5.74, 6) is 0. The van der Waals surface area contributed by atoms with E-state index in [1.807, 2.05) is 7.05 Å². The maximum atomic E-state index is 4.48. The highest BCUT2D eigenvalue weighted by atomic mass is 32.2. The van der Waals surface area contributed by atoms with Crippen LogP contribution in [0.25, 0.3) is 0 Å². The van der Waals surface area contributed by atoms with Crippen LogP contribution in [0.3, 0.4) is 0 Å². The van der Waals surface area contributed by atoms with Gasteiger partial charge in [0.15, 0.2) is 5.17 Å². The molecule has 0 saturated carbocycles. The third-order valence-electron chi connectivity index (χ3n) is 2.59. The van der Waals surface area contributed by atoms with E-state index in [1.54, 1.807) is 11.8 Å². The lowest BCUT2D eigenvalue weighted by Gasteiger charge is -2.19. The molecular formula is C12H17N3S. The summed E-state index contributed by atoms with van der Waals surface area (Å²) in [4.78, 5) is 6.76. The summed E-state index contributed by atoms with van der Waals surface area (Å²) in [7, 11) is 1.97. The Morgan fingerprint density at radius 1 is 1.50 bits per heavy atom. The molecule has 3 nitrogen and oxygen atoms in total. The van der Waals surface area contributed by atoms with Crippen LogP contribution in [0.1, 0.15) is 5.56 Å². The van der Waals surface area contributed by atoms with Crippen LogP contribution in [0, 0.1) is 0 Å². The van der Waals surface area contributed by atoms with E-state index in [0.717, 1.165) is 24.8 Å². The highest BCUT2D eigenvalue weighted by molar-refractivity contribution is 8.13. The number of benzene rings is 1. The van der Waals surface area contributed by atoms with Gasteiger partial charge in [-0.05, 0) is 31.0 Å². The first-order valence-electron chi connectivity index (χ1n) is 5.44. The van der Waals surface area contributed by atoms with E-state index in [0.29, 0.717) is 0 Å². The fourth-order valence-corrected chi connectivity index (χ4v) is 2.52. The largest absolute Gasteiger partial charge is 0.319 e. The minimum Gasteiger partial charge on any atom is -0.319 e. The fourth-order valence-electron chi connectivity index (χ4n) is 1.88. The monoisotopic (exact) mass is 235 g/mol. The molecule has 0 spiro atoms. The topological polar surface area (TPSA) is 27.6 Å². The average Bonchev–Trinajstić information content (AvgIpc) is 2.78. The average molecular weight is 235 g/mol. The van der Waals surface area contributed by atoms with E-state index in [9.17, 15) is 0 Å². The Hall–Kier alpha value is -1.00. The first kappa shape index (κ1) is 11.5. The smallest absolute Gasteiger partial charge is 0.163 e. The highest BCUT2D eigenvalue weighted by Crippen LogP contribution is 2.22. The zero-order chi connectivity index (χ0) is 11.4. The third-order valence-corrected chi connectivity index (χ3v) is 3.30. The normalized spacial score (nSPS) is 15.4. The van der Waals surface area contributed by atoms with E-state index in [-0.39, 0.29) is 0 Å². The summed E-state index contributed by atoms with van der Waals surface area (Å²) < 4.78 is 0. The summed E-state index contributed by atoms with van der Waals surface area (Å²) >= 11 is 1.71. The Morgan fingerprint density at radius 3 is 3.12 bits per heavy atom. The van der Waals surface area contributed by atoms with Crippen molar-refractivity contribution in [1.82, 2.24) is 5.32 Å². The van der Waals surface area contributed by atoms with Gasteiger partial charge in [-0.2, -0.15) is 0 Å². The molecule has 1 N–H and O–H groups in total. The van der Waals surface area contributed by atoms with Crippen molar-refractivity contribution >= 4 is 22.6 Å². The van der Waals surface area contributed by atoms with Crippen LogP contribution < -0.4 is 10.2 Å². The third kappa shape index (κ3) is 2.39. The van der Waals surface area contributed by atoms with Gasteiger partial charge in [0, 0.05) is 18.8 Å². The first-order chi connectivity index (χ1) is 7.85. The number of nitrogens with one attached hydrogen (secondary N) is 1. The molecule has 0 fully saturated rings. The van der Waals surface area contributed by atoms with Crippen molar-refractivity contribution in [3.05, 3.63) is 29.8 Å². The summed E-state index contributed by atoms with van der Waals surface area (Å²) in [6, 6.07) is 8.63. The molecular weight excluding hydrogens is 218 g/mol. The van der Waals surface area contributed by atoms with Crippen molar-refractivity contribution < 1.29 is 0 Å². The molecule has 0 unspecified atom stereocenters. The molecule has 0 saturated heterocycles. The molecule has 0 amide bonds. The van der Waals surface area contributed by atoms with E-state index >= 15 is 0 Å². The second kappa shape index (κ2) is 5.37. The SMILES string of the molecule is CNCc1cccc(N2CCN=C2SC)c1. The van der Waals surface area contributed by atoms with Crippen LogP contribution >= 0.6 is 11.8 Å². The second-order valence-corrected chi connectivity index (χ2v) is 4.49. The van der Waals surface area contributed by atoms with Crippen LogP contribution in [-0.4, -0.2) is 31.6 Å². The lowest BCUT2D eigenvalue weighted by Crippen LogP contribution is -2.24. The quantitative estimate of drug-likeness (QED) is 0.867. The summed E-state index contributed by atoms with van der Waals surface area (Å²) in [6.07, 6.45) is 2.08. The van der Waals surface area contributed by atoms with Crippen LogP contribution in [0.2, 0.25) is 0 Å². The Morgan fingerprint density at radius 2 is 2.38 bits per heavy atom. The van der Waals surface area contributed by atoms with Crippen molar-refractivity contribution in [2.45, 2.75) is 6.54 Å². The molecule has 86 valence electrons. The molecule has 0 radical (unpaired) electrons. The minimum absolute atomic E-state index is 0.909. The molecule has 0 aliphatic carbocycles. The lowest BCUT2D eigenvalue weighted by atomic mass is 10.2. The number of rotatable bonds is 3. The number of anilines is 1. The standard InChI is InChI=1S/C12H17N3S/c1-13-9-10-4-3-5-11(8-10)15-7-6-14-12(15)16-2/h3-5,8,13H,6-7,9H2,1-2H3. The van der Waals surface area contributed by atoms with Crippen LogP contribution in [0.5, 0.6) is 0 Å². The first-order valence-corrected chi connectivity index (χ1v) is 6.67. The molecule has 1 heterocycles. The van der Waals surface area contributed by atoms with Gasteiger partial charge in [-0.25, -0.2) is 0 Å². The van der Waals surface area contributed by atoms with Crippen molar-refractivity contribution in [3.63, 3.8) is 0 Å². The Balaban J connectivity index is 2.20. The van der Waals surface area contributed by atoms with Gasteiger partial charge < -0.3 is 10.2 Å². The molecule has 4 heteroatoms. The number of thioether (sulfide) groups is 1. The lowest BCUT2D eigenvalue weighted by molar-refractivity contribution is 0.817. The predicted molar refractivity (Wildman–Crippen MR) is 72.4 cm³/mol. The molecule has 1 aromatic rings. The maximum absolute atomic E-state index is 4.48. The summed E-state index contributed by atoms with van der Waals surface area (Å²) in [5, 5.41) is 4.30. The van der Waals surface area contributed by atoms with Gasteiger partial charge in [-0.3, -0.25) is 4.99 Å². The second-order valence-electron chi connectivity index (χ2n) is 3.72. The number of hydrogen-bond acceptors (Lipinski definition) is 4. The van der Waals surface area contributed by atoms with Crippen molar-refractivity contribution in [2.75, 3.05) is 31.3 Å². The fraction of sp³-hybridized carbons (Fsp3) is 0.417. The van der Waals surface area contributed by atoms with Crippen LogP contribution in [0.4, 0.5) is 5.69 Å². The molecule has 1 aliphatic heterocycles. The van der Waals surface area contributed by atoms with E-state index in [1.165, 1.54) is 11.3 Å². The molecule has 16 heavy (non-hydrogen) atoms. The van der Waals surface area contributed by atoms with Gasteiger partial charge in [0.25, 0.3) is 0 Å². The zero-order valence-electron chi connectivity index (χ0n) is 9.73. The van der Waals surface area contributed by atoms with Gasteiger partial charge >= 0.3 is 0 Å². The van der Waals surface area contributed by atoms with Crippen molar-refractivity contribution in [2.24, 2.45) is 4.99 Å². The minimum atomic E-state index is 0.909. The van der Waals surface area contributed by atoms with Gasteiger partial charge in [-0.1, -0.05) is 23.9 Å². The molecule has 1 aromatic carbocycles. The van der Waals surface area contributed by atoms with E-state index in [2.05, 4.69) is 45.7 Å². The predicted octanol–water partition coefficient (Wildman–Crippen LogP) is 1.95. The van der Waals surface area contributed by atoms with Gasteiger partial charge in [0.2, 0.25) is 0 Å². The highest BCUT2D eigenvalue weighted by Gasteiger charge is 2.17. The number of nitrogens with zero attached hydrogens (tertiary/aromatic N) is 2. The van der Waals surface area contributed by atoms with Gasteiger partial charge in [-0.15, -0.1) is 0 Å². The van der Waals surface area contributed by atoms with E-state index in [4.69, 9.17) is 0 Å². The summed E-state index contributed by atoms with van der Waals surface area (Å²) in [5.41, 5.74) is 2.56. The number of aliphatic imine (C=N–C) groups is 1. The van der Waals surface area contributed by atoms with Crippen molar-refractivity contribution in [1.29, 1.82) is 0 Å². The van der Waals surface area contributed by atoms with Crippen LogP contribution in [-0.2, 0) is 6.54 Å². The number of hydrogen-bond donors (Lipinski definition) is 1. The molecule has 0 bridgehead atoms. The zero-order valence-corrected chi connectivity index (χ0v) is 10.5. The Kier molecular flexibility index (Phi) is 3.85. The maximum Gasteiger partial charge on any atom is 0.163 e. The number of amidine groups is 1. The summed E-state index contributed by atoms with van der Waals surface area (Å²) in [6.45, 7) is 2.82. The van der Waals surface area contributed by atoms with Crippen molar-refractivity contribution in [3.8, 4) is 0 Å². The molecule has 2 rings (SSSR count).